The number of rotatable bonds is 5. The molecule has 118 valence electrons. The lowest BCUT2D eigenvalue weighted by Gasteiger charge is -2.37. The fourth-order valence-electron chi connectivity index (χ4n) is 2.36. The highest BCUT2D eigenvalue weighted by molar-refractivity contribution is 5.70. The standard InChI is InChI=1S/C15H30N2O3/c1-14(2,3)20-13(18)6-7-16-8-10-17(11-9-16)12-15(4,5)19/h19H,6-12H2,1-5H3. The Morgan fingerprint density at radius 3 is 2.00 bits per heavy atom. The van der Waals surface area contributed by atoms with Gasteiger partial charge in [-0.15, -0.1) is 0 Å². The molecule has 0 saturated carbocycles. The highest BCUT2D eigenvalue weighted by Gasteiger charge is 2.23. The molecule has 1 aliphatic rings. The summed E-state index contributed by atoms with van der Waals surface area (Å²) in [5.41, 5.74) is -1.04. The lowest BCUT2D eigenvalue weighted by atomic mass is 10.1. The number of hydrogen-bond donors (Lipinski definition) is 1. The van der Waals surface area contributed by atoms with E-state index in [1.807, 2.05) is 34.6 Å². The fraction of sp³-hybridized carbons (Fsp3) is 0.933. The van der Waals surface area contributed by atoms with Gasteiger partial charge in [-0.1, -0.05) is 0 Å². The van der Waals surface area contributed by atoms with Crippen molar-refractivity contribution >= 4 is 5.97 Å². The number of piperazine rings is 1. The zero-order chi connectivity index (χ0) is 15.4. The molecule has 1 heterocycles. The summed E-state index contributed by atoms with van der Waals surface area (Å²) in [5.74, 6) is -0.128. The first-order valence-electron chi connectivity index (χ1n) is 7.44. The summed E-state index contributed by atoms with van der Waals surface area (Å²) in [7, 11) is 0. The molecule has 0 bridgehead atoms. The Labute approximate surface area is 122 Å². The predicted molar refractivity (Wildman–Crippen MR) is 79.6 cm³/mol. The van der Waals surface area contributed by atoms with Crippen LogP contribution >= 0.6 is 0 Å². The van der Waals surface area contributed by atoms with Crippen molar-refractivity contribution in [3.63, 3.8) is 0 Å². The van der Waals surface area contributed by atoms with Crippen LogP contribution in [-0.4, -0.2) is 71.3 Å². The summed E-state index contributed by atoms with van der Waals surface area (Å²) in [4.78, 5) is 16.2. The Bertz CT molecular complexity index is 310. The molecule has 0 aromatic heterocycles. The van der Waals surface area contributed by atoms with Gasteiger partial charge in [-0.2, -0.15) is 0 Å². The molecule has 1 rings (SSSR count). The summed E-state index contributed by atoms with van der Waals surface area (Å²) in [5, 5.41) is 9.80. The van der Waals surface area contributed by atoms with Crippen LogP contribution in [0.25, 0.3) is 0 Å². The lowest BCUT2D eigenvalue weighted by Crippen LogP contribution is -2.50. The third kappa shape index (κ3) is 7.82. The highest BCUT2D eigenvalue weighted by atomic mass is 16.6. The normalized spacial score (nSPS) is 19.1. The van der Waals surface area contributed by atoms with E-state index >= 15 is 0 Å². The number of ether oxygens (including phenoxy) is 1. The Balaban J connectivity index is 2.21. The largest absolute Gasteiger partial charge is 0.460 e. The van der Waals surface area contributed by atoms with Crippen LogP contribution in [0, 0.1) is 0 Å². The van der Waals surface area contributed by atoms with Crippen LogP contribution in [-0.2, 0) is 9.53 Å². The fourth-order valence-corrected chi connectivity index (χ4v) is 2.36. The summed E-state index contributed by atoms with van der Waals surface area (Å²) in [6.45, 7) is 14.6. The van der Waals surface area contributed by atoms with Crippen molar-refractivity contribution in [3.8, 4) is 0 Å². The van der Waals surface area contributed by atoms with Gasteiger partial charge in [0.25, 0.3) is 0 Å². The van der Waals surface area contributed by atoms with Crippen LogP contribution in [0.15, 0.2) is 0 Å². The second-order valence-electron chi connectivity index (χ2n) is 7.27. The van der Waals surface area contributed by atoms with E-state index in [0.29, 0.717) is 13.0 Å². The predicted octanol–water partition coefficient (Wildman–Crippen LogP) is 1.11. The SMILES string of the molecule is CC(C)(O)CN1CCN(CCC(=O)OC(C)(C)C)CC1. The van der Waals surface area contributed by atoms with Gasteiger partial charge in [0.05, 0.1) is 12.0 Å². The van der Waals surface area contributed by atoms with Crippen LogP contribution < -0.4 is 0 Å². The van der Waals surface area contributed by atoms with E-state index < -0.39 is 11.2 Å². The maximum atomic E-state index is 11.7. The van der Waals surface area contributed by atoms with Crippen LogP contribution in [0.3, 0.4) is 0 Å². The molecule has 5 heteroatoms. The number of β-amino-alcohol motifs (C(OH)–C–C–N with tert-alkyl or cyclic N) is 1. The molecule has 1 saturated heterocycles. The smallest absolute Gasteiger partial charge is 0.307 e. The van der Waals surface area contributed by atoms with E-state index in [2.05, 4.69) is 9.80 Å². The van der Waals surface area contributed by atoms with Gasteiger partial charge in [0.2, 0.25) is 0 Å². The van der Waals surface area contributed by atoms with Crippen LogP contribution in [0.2, 0.25) is 0 Å². The first-order valence-corrected chi connectivity index (χ1v) is 7.44. The molecule has 0 amide bonds. The van der Waals surface area contributed by atoms with Gasteiger partial charge in [-0.25, -0.2) is 0 Å². The number of hydrogen-bond acceptors (Lipinski definition) is 5. The maximum absolute atomic E-state index is 11.7. The summed E-state index contributed by atoms with van der Waals surface area (Å²) in [6, 6.07) is 0. The van der Waals surface area contributed by atoms with Gasteiger partial charge < -0.3 is 14.7 Å². The number of carbonyl (C=O) groups excluding carboxylic acids is 1. The van der Waals surface area contributed by atoms with Gasteiger partial charge in [-0.3, -0.25) is 9.69 Å². The van der Waals surface area contributed by atoms with E-state index in [0.717, 1.165) is 32.7 Å². The van der Waals surface area contributed by atoms with Crippen molar-refractivity contribution in [2.75, 3.05) is 39.3 Å². The van der Waals surface area contributed by atoms with Gasteiger partial charge in [0.15, 0.2) is 0 Å². The van der Waals surface area contributed by atoms with Crippen molar-refractivity contribution in [2.24, 2.45) is 0 Å². The van der Waals surface area contributed by atoms with Crippen molar-refractivity contribution < 1.29 is 14.6 Å². The molecule has 20 heavy (non-hydrogen) atoms. The Morgan fingerprint density at radius 1 is 1.05 bits per heavy atom. The summed E-state index contributed by atoms with van der Waals surface area (Å²) < 4.78 is 5.31. The highest BCUT2D eigenvalue weighted by Crippen LogP contribution is 2.11. The van der Waals surface area contributed by atoms with Crippen LogP contribution in [0.4, 0.5) is 0 Å². The van der Waals surface area contributed by atoms with E-state index in [1.165, 1.54) is 0 Å². The average molecular weight is 286 g/mol. The molecule has 0 aromatic carbocycles. The molecule has 0 aromatic rings. The van der Waals surface area contributed by atoms with Crippen molar-refractivity contribution in [3.05, 3.63) is 0 Å². The van der Waals surface area contributed by atoms with Gasteiger partial charge in [-0.05, 0) is 34.6 Å². The minimum atomic E-state index is -0.640. The third-order valence-corrected chi connectivity index (χ3v) is 3.13. The average Bonchev–Trinajstić information content (AvgIpc) is 2.23. The second kappa shape index (κ2) is 6.87. The van der Waals surface area contributed by atoms with Gasteiger partial charge in [0.1, 0.15) is 5.60 Å². The molecule has 5 nitrogen and oxygen atoms in total. The minimum Gasteiger partial charge on any atom is -0.460 e. The molecule has 0 radical (unpaired) electrons. The lowest BCUT2D eigenvalue weighted by molar-refractivity contribution is -0.155. The van der Waals surface area contributed by atoms with Crippen molar-refractivity contribution in [2.45, 2.75) is 52.2 Å². The van der Waals surface area contributed by atoms with Crippen LogP contribution in [0.1, 0.15) is 41.0 Å². The summed E-state index contributed by atoms with van der Waals surface area (Å²) >= 11 is 0. The molecule has 0 atom stereocenters. The molecular formula is C15H30N2O3. The van der Waals surface area contributed by atoms with Crippen molar-refractivity contribution in [1.29, 1.82) is 0 Å². The molecule has 1 N–H and O–H groups in total. The number of aliphatic hydroxyl groups is 1. The van der Waals surface area contributed by atoms with Gasteiger partial charge in [0, 0.05) is 39.3 Å². The number of nitrogens with zero attached hydrogens (tertiary/aromatic N) is 2. The first kappa shape index (κ1) is 17.4. The Morgan fingerprint density at radius 2 is 1.55 bits per heavy atom. The first-order chi connectivity index (χ1) is 9.05. The van der Waals surface area contributed by atoms with Gasteiger partial charge >= 0.3 is 5.97 Å². The zero-order valence-electron chi connectivity index (χ0n) is 13.6. The quantitative estimate of drug-likeness (QED) is 0.767. The topological polar surface area (TPSA) is 53.0 Å². The van der Waals surface area contributed by atoms with E-state index in [4.69, 9.17) is 4.74 Å². The van der Waals surface area contributed by atoms with E-state index in [-0.39, 0.29) is 5.97 Å². The summed E-state index contributed by atoms with van der Waals surface area (Å²) in [6.07, 6.45) is 0.447. The van der Waals surface area contributed by atoms with Crippen molar-refractivity contribution in [1.82, 2.24) is 9.80 Å². The molecule has 0 aliphatic carbocycles. The minimum absolute atomic E-state index is 0.128. The van der Waals surface area contributed by atoms with E-state index in [9.17, 15) is 9.90 Å². The molecule has 0 unspecified atom stereocenters. The number of esters is 1. The zero-order valence-corrected chi connectivity index (χ0v) is 13.6. The Kier molecular flexibility index (Phi) is 5.98. The maximum Gasteiger partial charge on any atom is 0.307 e. The van der Waals surface area contributed by atoms with Crippen LogP contribution in [0.5, 0.6) is 0 Å². The van der Waals surface area contributed by atoms with E-state index in [1.54, 1.807) is 0 Å². The molecule has 0 spiro atoms. The second-order valence-corrected chi connectivity index (χ2v) is 7.27. The molecule has 1 aliphatic heterocycles. The molecular weight excluding hydrogens is 256 g/mol. The third-order valence-electron chi connectivity index (χ3n) is 3.13. The molecule has 1 fully saturated rings. The number of carbonyl (C=O) groups is 1. The monoisotopic (exact) mass is 286 g/mol. The Hall–Kier alpha value is -0.650.